The molecule has 4 nitrogen and oxygen atoms in total. The zero-order chi connectivity index (χ0) is 9.68. The van der Waals surface area contributed by atoms with Crippen molar-refractivity contribution in [1.82, 2.24) is 4.98 Å². The molecular formula is C8H10BrN3O. The van der Waals surface area contributed by atoms with E-state index in [-0.39, 0.29) is 5.91 Å². The average Bonchev–Trinajstić information content (AvgIpc) is 2.09. The van der Waals surface area contributed by atoms with E-state index in [9.17, 15) is 4.79 Å². The van der Waals surface area contributed by atoms with Gasteiger partial charge in [0.25, 0.3) is 0 Å². The molecule has 0 fully saturated rings. The number of halogens is 1. The molecule has 0 aliphatic carbocycles. The molecule has 70 valence electrons. The lowest BCUT2D eigenvalue weighted by molar-refractivity contribution is -0.116. The maximum Gasteiger partial charge on any atom is 0.225 e. The number of pyridine rings is 1. The maximum absolute atomic E-state index is 11.1. The summed E-state index contributed by atoms with van der Waals surface area (Å²) in [6.07, 6.45) is 1.96. The van der Waals surface area contributed by atoms with Crippen LogP contribution in [-0.2, 0) is 4.79 Å². The molecule has 1 rings (SSSR count). The van der Waals surface area contributed by atoms with Gasteiger partial charge >= 0.3 is 0 Å². The highest BCUT2D eigenvalue weighted by molar-refractivity contribution is 9.10. The van der Waals surface area contributed by atoms with Crippen molar-refractivity contribution < 1.29 is 4.79 Å². The molecule has 0 aliphatic rings. The standard InChI is InChI=1S/C8H10BrN3O/c9-8-6(2-1-5-11-8)12-7(13)3-4-10/h1-2,5H,3-4,10H2,(H,12,13). The number of nitrogens with zero attached hydrogens (tertiary/aromatic N) is 1. The Bertz CT molecular complexity index is 303. The Labute approximate surface area is 84.7 Å². The van der Waals surface area contributed by atoms with Crippen molar-refractivity contribution in [3.05, 3.63) is 22.9 Å². The lowest BCUT2D eigenvalue weighted by atomic mass is 10.3. The van der Waals surface area contributed by atoms with Crippen molar-refractivity contribution in [3.8, 4) is 0 Å². The third-order valence-electron chi connectivity index (χ3n) is 1.40. The van der Waals surface area contributed by atoms with Gasteiger partial charge in [-0.1, -0.05) is 0 Å². The van der Waals surface area contributed by atoms with Gasteiger partial charge in [0.15, 0.2) is 0 Å². The Hall–Kier alpha value is -0.940. The number of hydrogen-bond donors (Lipinski definition) is 2. The molecule has 0 radical (unpaired) electrons. The van der Waals surface area contributed by atoms with Crippen LogP contribution in [-0.4, -0.2) is 17.4 Å². The quantitative estimate of drug-likeness (QED) is 0.783. The fourth-order valence-corrected chi connectivity index (χ4v) is 1.17. The van der Waals surface area contributed by atoms with Gasteiger partial charge in [-0.2, -0.15) is 0 Å². The molecule has 13 heavy (non-hydrogen) atoms. The first-order chi connectivity index (χ1) is 6.24. The number of nitrogens with two attached hydrogens (primary N) is 1. The van der Waals surface area contributed by atoms with Gasteiger partial charge in [-0.05, 0) is 28.1 Å². The molecule has 0 saturated carbocycles. The summed E-state index contributed by atoms with van der Waals surface area (Å²) in [5.41, 5.74) is 5.90. The van der Waals surface area contributed by atoms with E-state index in [2.05, 4.69) is 26.2 Å². The number of hydrogen-bond acceptors (Lipinski definition) is 3. The van der Waals surface area contributed by atoms with E-state index in [0.717, 1.165) is 0 Å². The van der Waals surface area contributed by atoms with Crippen molar-refractivity contribution >= 4 is 27.5 Å². The summed E-state index contributed by atoms with van der Waals surface area (Å²) < 4.78 is 0.625. The normalized spacial score (nSPS) is 9.69. The minimum Gasteiger partial charge on any atom is -0.330 e. The fraction of sp³-hybridized carbons (Fsp3) is 0.250. The van der Waals surface area contributed by atoms with Gasteiger partial charge in [-0.3, -0.25) is 4.79 Å². The summed E-state index contributed by atoms with van der Waals surface area (Å²) in [7, 11) is 0. The van der Waals surface area contributed by atoms with E-state index in [4.69, 9.17) is 5.73 Å². The van der Waals surface area contributed by atoms with Crippen molar-refractivity contribution in [3.63, 3.8) is 0 Å². The number of nitrogens with one attached hydrogen (secondary N) is 1. The summed E-state index contributed by atoms with van der Waals surface area (Å²) in [4.78, 5) is 15.1. The molecule has 0 atom stereocenters. The number of anilines is 1. The third kappa shape index (κ3) is 3.12. The molecule has 1 aromatic rings. The molecular weight excluding hydrogens is 234 g/mol. The largest absolute Gasteiger partial charge is 0.330 e. The number of carbonyl (C=O) groups is 1. The van der Waals surface area contributed by atoms with Crippen LogP contribution in [0.1, 0.15) is 6.42 Å². The maximum atomic E-state index is 11.1. The van der Waals surface area contributed by atoms with Crippen molar-refractivity contribution in [2.75, 3.05) is 11.9 Å². The first-order valence-electron chi connectivity index (χ1n) is 3.84. The monoisotopic (exact) mass is 243 g/mol. The van der Waals surface area contributed by atoms with Gasteiger partial charge < -0.3 is 11.1 Å². The topological polar surface area (TPSA) is 68.0 Å². The average molecular weight is 244 g/mol. The molecule has 1 aromatic heterocycles. The first kappa shape index (κ1) is 10.1. The highest BCUT2D eigenvalue weighted by Gasteiger charge is 2.03. The number of carbonyl (C=O) groups excluding carboxylic acids is 1. The van der Waals surface area contributed by atoms with Crippen LogP contribution in [0.4, 0.5) is 5.69 Å². The summed E-state index contributed by atoms with van der Waals surface area (Å²) in [5, 5.41) is 2.68. The molecule has 0 spiro atoms. The zero-order valence-corrected chi connectivity index (χ0v) is 8.54. The van der Waals surface area contributed by atoms with Gasteiger partial charge in [-0.15, -0.1) is 0 Å². The second-order valence-corrected chi connectivity index (χ2v) is 3.18. The van der Waals surface area contributed by atoms with Crippen LogP contribution < -0.4 is 11.1 Å². The van der Waals surface area contributed by atoms with E-state index in [1.165, 1.54) is 0 Å². The van der Waals surface area contributed by atoms with Crippen LogP contribution in [0.5, 0.6) is 0 Å². The van der Waals surface area contributed by atoms with Gasteiger partial charge in [0, 0.05) is 19.2 Å². The highest BCUT2D eigenvalue weighted by Crippen LogP contribution is 2.17. The minimum absolute atomic E-state index is 0.101. The summed E-state index contributed by atoms with van der Waals surface area (Å²) in [6.45, 7) is 0.351. The molecule has 0 unspecified atom stereocenters. The predicted octanol–water partition coefficient (Wildman–Crippen LogP) is 1.13. The van der Waals surface area contributed by atoms with Gasteiger partial charge in [0.05, 0.1) is 5.69 Å². The Balaban J connectivity index is 2.63. The molecule has 1 heterocycles. The van der Waals surface area contributed by atoms with Crippen LogP contribution in [0.25, 0.3) is 0 Å². The van der Waals surface area contributed by atoms with Crippen LogP contribution in [0.15, 0.2) is 22.9 Å². The Morgan fingerprint density at radius 2 is 2.46 bits per heavy atom. The molecule has 3 N–H and O–H groups in total. The molecule has 1 amide bonds. The van der Waals surface area contributed by atoms with E-state index < -0.39 is 0 Å². The fourth-order valence-electron chi connectivity index (χ4n) is 0.823. The Kier molecular flexibility index (Phi) is 3.85. The number of rotatable bonds is 3. The Morgan fingerprint density at radius 3 is 3.08 bits per heavy atom. The van der Waals surface area contributed by atoms with Crippen molar-refractivity contribution in [2.45, 2.75) is 6.42 Å². The van der Waals surface area contributed by atoms with E-state index in [1.807, 2.05) is 0 Å². The lowest BCUT2D eigenvalue weighted by Crippen LogP contribution is -2.16. The van der Waals surface area contributed by atoms with E-state index in [1.54, 1.807) is 18.3 Å². The van der Waals surface area contributed by atoms with Crippen LogP contribution in [0.3, 0.4) is 0 Å². The molecule has 0 aromatic carbocycles. The van der Waals surface area contributed by atoms with Gasteiger partial charge in [-0.25, -0.2) is 4.98 Å². The molecule has 0 aliphatic heterocycles. The van der Waals surface area contributed by atoms with Crippen molar-refractivity contribution in [1.29, 1.82) is 0 Å². The minimum atomic E-state index is -0.101. The Morgan fingerprint density at radius 1 is 1.69 bits per heavy atom. The predicted molar refractivity (Wildman–Crippen MR) is 54.2 cm³/mol. The van der Waals surface area contributed by atoms with Gasteiger partial charge in [0.1, 0.15) is 4.60 Å². The smallest absolute Gasteiger partial charge is 0.225 e. The molecule has 0 saturated heterocycles. The van der Waals surface area contributed by atoms with Crippen LogP contribution in [0, 0.1) is 0 Å². The van der Waals surface area contributed by atoms with Crippen LogP contribution in [0.2, 0.25) is 0 Å². The van der Waals surface area contributed by atoms with Crippen molar-refractivity contribution in [2.24, 2.45) is 5.73 Å². The first-order valence-corrected chi connectivity index (χ1v) is 4.64. The van der Waals surface area contributed by atoms with E-state index >= 15 is 0 Å². The summed E-state index contributed by atoms with van der Waals surface area (Å²) in [6, 6.07) is 3.52. The second kappa shape index (κ2) is 4.94. The second-order valence-electron chi connectivity index (χ2n) is 2.43. The number of aromatic nitrogens is 1. The van der Waals surface area contributed by atoms with E-state index in [0.29, 0.717) is 23.3 Å². The third-order valence-corrected chi connectivity index (χ3v) is 2.04. The van der Waals surface area contributed by atoms with Gasteiger partial charge in [0.2, 0.25) is 5.91 Å². The lowest BCUT2D eigenvalue weighted by Gasteiger charge is -2.04. The SMILES string of the molecule is NCCC(=O)Nc1cccnc1Br. The molecule has 5 heteroatoms. The van der Waals surface area contributed by atoms with Crippen LogP contribution >= 0.6 is 15.9 Å². The zero-order valence-electron chi connectivity index (χ0n) is 6.96. The molecule has 0 bridgehead atoms. The summed E-state index contributed by atoms with van der Waals surface area (Å²) >= 11 is 3.22. The highest BCUT2D eigenvalue weighted by atomic mass is 79.9. The summed E-state index contributed by atoms with van der Waals surface area (Å²) in [5.74, 6) is -0.101. The number of amides is 1.